The molecule has 2 aliphatic rings. The molecule has 1 saturated heterocycles. The number of benzene rings is 1. The second-order valence-electron chi connectivity index (χ2n) is 7.08. The Morgan fingerprint density at radius 2 is 1.48 bits per heavy atom. The normalized spacial score (nSPS) is 23.1. The van der Waals surface area contributed by atoms with Gasteiger partial charge in [0.1, 0.15) is 0 Å². The van der Waals surface area contributed by atoms with Crippen molar-refractivity contribution in [2.24, 2.45) is 5.73 Å². The minimum atomic E-state index is 0.266. The lowest BCUT2D eigenvalue weighted by atomic mass is 9.69. The number of nitrogens with two attached hydrogens (primary N) is 1. The Morgan fingerprint density at radius 3 is 2.10 bits per heavy atom. The molecular formula is C19H30N2. The van der Waals surface area contributed by atoms with Gasteiger partial charge in [-0.05, 0) is 49.9 Å². The summed E-state index contributed by atoms with van der Waals surface area (Å²) < 4.78 is 0. The van der Waals surface area contributed by atoms with Crippen molar-refractivity contribution in [2.75, 3.05) is 19.6 Å². The first-order chi connectivity index (χ1) is 10.3. The lowest BCUT2D eigenvalue weighted by molar-refractivity contribution is 0.221. The van der Waals surface area contributed by atoms with Crippen LogP contribution >= 0.6 is 0 Å². The van der Waals surface area contributed by atoms with E-state index in [1.807, 2.05) is 0 Å². The maximum atomic E-state index is 6.15. The van der Waals surface area contributed by atoms with Crippen molar-refractivity contribution in [3.05, 3.63) is 35.4 Å². The molecule has 0 radical (unpaired) electrons. The molecule has 0 spiro atoms. The van der Waals surface area contributed by atoms with Gasteiger partial charge in [-0.1, -0.05) is 49.9 Å². The number of likely N-dealkylation sites (tertiary alicyclic amines) is 1. The molecule has 1 aliphatic carbocycles. The highest BCUT2D eigenvalue weighted by Gasteiger charge is 2.32. The number of hydrogen-bond donors (Lipinski definition) is 1. The fourth-order valence-electron chi connectivity index (χ4n) is 4.18. The maximum Gasteiger partial charge on any atom is 0.0233 e. The molecule has 0 atom stereocenters. The first-order valence-electron chi connectivity index (χ1n) is 8.84. The molecule has 0 bridgehead atoms. The summed E-state index contributed by atoms with van der Waals surface area (Å²) in [6.07, 6.45) is 10.8. The fourth-order valence-corrected chi connectivity index (χ4v) is 4.18. The highest BCUT2D eigenvalue weighted by atomic mass is 15.1. The molecule has 0 aromatic heterocycles. The van der Waals surface area contributed by atoms with Gasteiger partial charge in [-0.15, -0.1) is 0 Å². The molecule has 1 saturated carbocycles. The Labute approximate surface area is 129 Å². The van der Waals surface area contributed by atoms with Gasteiger partial charge >= 0.3 is 0 Å². The summed E-state index contributed by atoms with van der Waals surface area (Å²) >= 11 is 0. The van der Waals surface area contributed by atoms with Crippen molar-refractivity contribution in [2.45, 2.75) is 63.3 Å². The highest BCUT2D eigenvalue weighted by molar-refractivity contribution is 5.30. The van der Waals surface area contributed by atoms with E-state index in [1.54, 1.807) is 0 Å². The maximum absolute atomic E-state index is 6.15. The molecule has 1 heterocycles. The number of nitrogens with zero attached hydrogens (tertiary/aromatic N) is 1. The van der Waals surface area contributed by atoms with Gasteiger partial charge in [-0.3, -0.25) is 4.90 Å². The third kappa shape index (κ3) is 3.49. The van der Waals surface area contributed by atoms with E-state index in [2.05, 4.69) is 29.2 Å². The van der Waals surface area contributed by atoms with E-state index < -0.39 is 0 Å². The van der Waals surface area contributed by atoms with Crippen LogP contribution in [0.1, 0.15) is 62.5 Å². The van der Waals surface area contributed by atoms with Gasteiger partial charge < -0.3 is 5.73 Å². The zero-order valence-corrected chi connectivity index (χ0v) is 13.3. The summed E-state index contributed by atoms with van der Waals surface area (Å²) in [6, 6.07) is 9.40. The Balaban J connectivity index is 1.67. The van der Waals surface area contributed by atoms with Crippen LogP contribution in [0.3, 0.4) is 0 Å². The molecule has 21 heavy (non-hydrogen) atoms. The molecule has 2 N–H and O–H groups in total. The second kappa shape index (κ2) is 6.93. The molecule has 0 amide bonds. The van der Waals surface area contributed by atoms with Gasteiger partial charge in [0.15, 0.2) is 0 Å². The van der Waals surface area contributed by atoms with Crippen LogP contribution in [0.2, 0.25) is 0 Å². The van der Waals surface area contributed by atoms with E-state index in [-0.39, 0.29) is 5.41 Å². The Bertz CT molecular complexity index is 425. The third-order valence-corrected chi connectivity index (χ3v) is 5.62. The average molecular weight is 286 g/mol. The van der Waals surface area contributed by atoms with Crippen molar-refractivity contribution in [3.8, 4) is 0 Å². The monoisotopic (exact) mass is 286 g/mol. The van der Waals surface area contributed by atoms with Crippen LogP contribution in [0.4, 0.5) is 0 Å². The lowest BCUT2D eigenvalue weighted by Crippen LogP contribution is -2.37. The Hall–Kier alpha value is -0.860. The highest BCUT2D eigenvalue weighted by Crippen LogP contribution is 2.38. The van der Waals surface area contributed by atoms with Crippen LogP contribution < -0.4 is 5.73 Å². The Kier molecular flexibility index (Phi) is 4.97. The molecular weight excluding hydrogens is 256 g/mol. The largest absolute Gasteiger partial charge is 0.330 e. The van der Waals surface area contributed by atoms with Crippen molar-refractivity contribution < 1.29 is 0 Å². The van der Waals surface area contributed by atoms with Gasteiger partial charge in [-0.25, -0.2) is 0 Å². The van der Waals surface area contributed by atoms with E-state index in [0.29, 0.717) is 0 Å². The molecule has 1 aromatic rings. The average Bonchev–Trinajstić information content (AvgIpc) is 2.57. The lowest BCUT2D eigenvalue weighted by Gasteiger charge is -2.37. The molecule has 116 valence electrons. The first kappa shape index (κ1) is 15.1. The van der Waals surface area contributed by atoms with E-state index in [9.17, 15) is 0 Å². The first-order valence-corrected chi connectivity index (χ1v) is 8.84. The van der Waals surface area contributed by atoms with Crippen LogP contribution in [0.5, 0.6) is 0 Å². The number of hydrogen-bond acceptors (Lipinski definition) is 2. The topological polar surface area (TPSA) is 29.3 Å². The standard InChI is InChI=1S/C19H30N2/c20-16-19(11-3-1-4-12-19)18-9-7-17(8-10-18)15-21-13-5-2-6-14-21/h7-10H,1-6,11-16,20H2. The van der Waals surface area contributed by atoms with Crippen LogP contribution in [-0.4, -0.2) is 24.5 Å². The SMILES string of the molecule is NCC1(c2ccc(CN3CCCCC3)cc2)CCCCC1. The zero-order valence-electron chi connectivity index (χ0n) is 13.3. The quantitative estimate of drug-likeness (QED) is 0.911. The molecule has 1 aliphatic heterocycles. The second-order valence-corrected chi connectivity index (χ2v) is 7.08. The summed E-state index contributed by atoms with van der Waals surface area (Å²) in [5.74, 6) is 0. The van der Waals surface area contributed by atoms with Crippen molar-refractivity contribution in [1.29, 1.82) is 0 Å². The summed E-state index contributed by atoms with van der Waals surface area (Å²) in [5, 5.41) is 0. The van der Waals surface area contributed by atoms with Gasteiger partial charge in [0.2, 0.25) is 0 Å². The van der Waals surface area contributed by atoms with Gasteiger partial charge in [-0.2, -0.15) is 0 Å². The summed E-state index contributed by atoms with van der Waals surface area (Å²) in [6.45, 7) is 4.47. The summed E-state index contributed by atoms with van der Waals surface area (Å²) in [5.41, 5.74) is 9.36. The molecule has 0 unspecified atom stereocenters. The predicted molar refractivity (Wildman–Crippen MR) is 89.4 cm³/mol. The van der Waals surface area contributed by atoms with Crippen LogP contribution in [0, 0.1) is 0 Å². The molecule has 3 rings (SSSR count). The van der Waals surface area contributed by atoms with Gasteiger partial charge in [0, 0.05) is 18.5 Å². The van der Waals surface area contributed by atoms with Crippen molar-refractivity contribution in [3.63, 3.8) is 0 Å². The smallest absolute Gasteiger partial charge is 0.0233 e. The van der Waals surface area contributed by atoms with E-state index in [1.165, 1.54) is 75.6 Å². The predicted octanol–water partition coefficient (Wildman–Crippen LogP) is 3.83. The molecule has 2 heteroatoms. The third-order valence-electron chi connectivity index (χ3n) is 5.62. The van der Waals surface area contributed by atoms with E-state index in [4.69, 9.17) is 5.73 Å². The van der Waals surface area contributed by atoms with Gasteiger partial charge in [0.25, 0.3) is 0 Å². The van der Waals surface area contributed by atoms with Crippen LogP contribution in [0.15, 0.2) is 24.3 Å². The van der Waals surface area contributed by atoms with Crippen molar-refractivity contribution >= 4 is 0 Å². The Morgan fingerprint density at radius 1 is 0.857 bits per heavy atom. The zero-order chi connectivity index (χ0) is 14.5. The fraction of sp³-hybridized carbons (Fsp3) is 0.684. The minimum absolute atomic E-state index is 0.266. The van der Waals surface area contributed by atoms with Crippen molar-refractivity contribution in [1.82, 2.24) is 4.90 Å². The molecule has 2 fully saturated rings. The number of piperidine rings is 1. The van der Waals surface area contributed by atoms with Crippen LogP contribution in [-0.2, 0) is 12.0 Å². The molecule has 2 nitrogen and oxygen atoms in total. The van der Waals surface area contributed by atoms with Gasteiger partial charge in [0.05, 0.1) is 0 Å². The van der Waals surface area contributed by atoms with Crippen LogP contribution in [0.25, 0.3) is 0 Å². The van der Waals surface area contributed by atoms with E-state index in [0.717, 1.165) is 13.1 Å². The minimum Gasteiger partial charge on any atom is -0.330 e. The summed E-state index contributed by atoms with van der Waals surface area (Å²) in [4.78, 5) is 2.60. The number of rotatable bonds is 4. The summed E-state index contributed by atoms with van der Waals surface area (Å²) in [7, 11) is 0. The van der Waals surface area contributed by atoms with E-state index >= 15 is 0 Å². The molecule has 1 aromatic carbocycles.